The molecule has 0 aromatic heterocycles. The molecule has 1 N–H and O–H groups in total. The van der Waals surface area contributed by atoms with Crippen LogP contribution in [0.2, 0.25) is 0 Å². The maximum Gasteiger partial charge on any atom is 0.238 e. The van der Waals surface area contributed by atoms with Gasteiger partial charge < -0.3 is 19.7 Å². The molecule has 3 aliphatic heterocycles. The Morgan fingerprint density at radius 3 is 2.37 bits per heavy atom. The number of aryl methyl sites for hydroxylation is 1. The summed E-state index contributed by atoms with van der Waals surface area (Å²) in [5, 5.41) is 3.08. The molecule has 0 aliphatic carbocycles. The van der Waals surface area contributed by atoms with Gasteiger partial charge in [0.05, 0.1) is 31.7 Å². The second-order valence-corrected chi connectivity index (χ2v) is 11.2. The summed E-state index contributed by atoms with van der Waals surface area (Å²) in [6, 6.07) is 26.1. The first-order chi connectivity index (χ1) is 20.9. The number of Topliss-reactive ketones (excluding diaryl/α,β-unsaturated/α-hetero) is 2. The first-order valence-electron chi connectivity index (χ1n) is 14.2. The largest absolute Gasteiger partial charge is 0.497 e. The van der Waals surface area contributed by atoms with Gasteiger partial charge in [0, 0.05) is 17.5 Å². The Labute approximate surface area is 249 Å². The van der Waals surface area contributed by atoms with Crippen LogP contribution in [-0.4, -0.2) is 42.6 Å². The third-order valence-corrected chi connectivity index (χ3v) is 9.13. The van der Waals surface area contributed by atoms with Crippen molar-refractivity contribution in [3.63, 3.8) is 0 Å². The maximum absolute atomic E-state index is 15.1. The molecule has 4 aromatic carbocycles. The van der Waals surface area contributed by atoms with E-state index in [1.807, 2.05) is 84.8 Å². The van der Waals surface area contributed by atoms with Gasteiger partial charge in [-0.05, 0) is 54.0 Å². The zero-order valence-electron chi connectivity index (χ0n) is 24.0. The van der Waals surface area contributed by atoms with Gasteiger partial charge >= 0.3 is 0 Å². The maximum atomic E-state index is 15.1. The number of carbonyl (C=O) groups is 3. The van der Waals surface area contributed by atoms with Gasteiger partial charge in [0.2, 0.25) is 5.91 Å². The molecule has 0 unspecified atom stereocenters. The lowest BCUT2D eigenvalue weighted by atomic mass is 9.62. The lowest BCUT2D eigenvalue weighted by Crippen LogP contribution is -2.49. The first-order valence-corrected chi connectivity index (χ1v) is 14.2. The van der Waals surface area contributed by atoms with Gasteiger partial charge in [-0.1, -0.05) is 72.3 Å². The smallest absolute Gasteiger partial charge is 0.238 e. The van der Waals surface area contributed by atoms with Crippen LogP contribution in [0.5, 0.6) is 11.5 Å². The molecule has 0 radical (unpaired) electrons. The van der Waals surface area contributed by atoms with E-state index in [1.165, 1.54) is 14.2 Å². The molecular formula is C36H30N2O5. The molecule has 3 heterocycles. The molecule has 1 spiro atoms. The summed E-state index contributed by atoms with van der Waals surface area (Å²) in [7, 11) is 3.03. The Kier molecular flexibility index (Phi) is 6.20. The van der Waals surface area contributed by atoms with Crippen molar-refractivity contribution in [2.75, 3.05) is 19.5 Å². The van der Waals surface area contributed by atoms with Crippen molar-refractivity contribution in [3.05, 3.63) is 131 Å². The fraction of sp³-hybridized carbons (Fsp3) is 0.194. The minimum Gasteiger partial charge on any atom is -0.497 e. The molecule has 7 nitrogen and oxygen atoms in total. The lowest BCUT2D eigenvalue weighted by Gasteiger charge is -2.38. The summed E-state index contributed by atoms with van der Waals surface area (Å²) in [5.74, 6) is -1.21. The number of hydrogen-bond donors (Lipinski definition) is 1. The number of methoxy groups -OCH3 is 2. The molecule has 4 atom stereocenters. The number of fused-ring (bicyclic) bond motifs is 6. The van der Waals surface area contributed by atoms with Gasteiger partial charge in [-0.25, -0.2) is 0 Å². The van der Waals surface area contributed by atoms with Gasteiger partial charge in [0.25, 0.3) is 0 Å². The van der Waals surface area contributed by atoms with E-state index >= 15 is 4.79 Å². The average Bonchev–Trinajstić information content (AvgIpc) is 3.52. The van der Waals surface area contributed by atoms with Gasteiger partial charge in [0.1, 0.15) is 23.0 Å². The summed E-state index contributed by atoms with van der Waals surface area (Å²) in [5.41, 5.74) is 3.47. The molecular weight excluding hydrogens is 540 g/mol. The number of nitrogens with zero attached hydrogens (tertiary/aromatic N) is 1. The van der Waals surface area contributed by atoms with Gasteiger partial charge in [-0.15, -0.1) is 0 Å². The standard InChI is InChI=1S/C36H30N2O5/c1-21-12-14-23(15-13-21)32(39)31-30(33(40)26-20-24(42-2)16-17-29(26)43-3)36(27-10-6-7-11-28(27)37-35(36)41)34-25-9-5-4-8-22(25)18-19-38(31)34/h4-20,30-31,34H,1-3H3,(H,37,41)/t30-,31-,34+,36-/m0/s1. The number of ketones is 2. The van der Waals surface area contributed by atoms with E-state index in [0.29, 0.717) is 28.3 Å². The fourth-order valence-electron chi connectivity index (χ4n) is 7.23. The Hall–Kier alpha value is -5.17. The van der Waals surface area contributed by atoms with Crippen LogP contribution >= 0.6 is 0 Å². The normalized spacial score (nSPS) is 22.9. The Morgan fingerprint density at radius 1 is 0.860 bits per heavy atom. The zero-order valence-corrected chi connectivity index (χ0v) is 24.0. The number of nitrogens with one attached hydrogen (secondary N) is 1. The number of amides is 1. The molecule has 4 aromatic rings. The summed E-state index contributed by atoms with van der Waals surface area (Å²) >= 11 is 0. The van der Waals surface area contributed by atoms with Crippen LogP contribution in [0.15, 0.2) is 97.2 Å². The zero-order chi connectivity index (χ0) is 29.9. The van der Waals surface area contributed by atoms with Crippen LogP contribution in [0, 0.1) is 12.8 Å². The average molecular weight is 571 g/mol. The second kappa shape index (κ2) is 9.98. The predicted octanol–water partition coefficient (Wildman–Crippen LogP) is 5.99. The molecule has 214 valence electrons. The van der Waals surface area contributed by atoms with E-state index < -0.39 is 23.4 Å². The Balaban J connectivity index is 1.55. The minimum absolute atomic E-state index is 0.233. The van der Waals surface area contributed by atoms with Gasteiger partial charge in [0.15, 0.2) is 11.6 Å². The monoisotopic (exact) mass is 570 g/mol. The lowest BCUT2D eigenvalue weighted by molar-refractivity contribution is -0.122. The summed E-state index contributed by atoms with van der Waals surface area (Å²) in [4.78, 5) is 46.4. The SMILES string of the molecule is COc1ccc(OC)c(C(=O)[C@@H]2[C@@H](C(=O)c3ccc(C)cc3)N3C=Cc4ccccc4[C@@H]3[C@@]23C(=O)Nc2ccccc23)c1. The highest BCUT2D eigenvalue weighted by Gasteiger charge is 2.70. The summed E-state index contributed by atoms with van der Waals surface area (Å²) < 4.78 is 11.1. The number of rotatable bonds is 6. The Bertz CT molecular complexity index is 1830. The Morgan fingerprint density at radius 2 is 1.60 bits per heavy atom. The van der Waals surface area contributed by atoms with Crippen molar-refractivity contribution in [1.29, 1.82) is 0 Å². The van der Waals surface area contributed by atoms with Crippen LogP contribution < -0.4 is 14.8 Å². The van der Waals surface area contributed by atoms with Crippen molar-refractivity contribution in [3.8, 4) is 11.5 Å². The third-order valence-electron chi connectivity index (χ3n) is 9.13. The van der Waals surface area contributed by atoms with Crippen molar-refractivity contribution >= 4 is 29.2 Å². The highest BCUT2D eigenvalue weighted by atomic mass is 16.5. The topological polar surface area (TPSA) is 84.9 Å². The van der Waals surface area contributed by atoms with E-state index in [9.17, 15) is 9.59 Å². The highest BCUT2D eigenvalue weighted by Crippen LogP contribution is 2.62. The second-order valence-electron chi connectivity index (χ2n) is 11.2. The van der Waals surface area contributed by atoms with Gasteiger partial charge in [-0.2, -0.15) is 0 Å². The van der Waals surface area contributed by atoms with E-state index in [2.05, 4.69) is 5.32 Å². The molecule has 1 fully saturated rings. The third kappa shape index (κ3) is 3.77. The molecule has 43 heavy (non-hydrogen) atoms. The minimum atomic E-state index is -1.42. The van der Waals surface area contributed by atoms with Crippen molar-refractivity contribution in [1.82, 2.24) is 4.90 Å². The quantitative estimate of drug-likeness (QED) is 0.287. The number of para-hydroxylation sites is 1. The number of benzene rings is 4. The van der Waals surface area contributed by atoms with Crippen LogP contribution in [0.1, 0.15) is 49.0 Å². The molecule has 0 bridgehead atoms. The molecule has 0 saturated carbocycles. The number of hydrogen-bond acceptors (Lipinski definition) is 6. The van der Waals surface area contributed by atoms with E-state index in [-0.39, 0.29) is 23.0 Å². The summed E-state index contributed by atoms with van der Waals surface area (Å²) in [6.07, 6.45) is 3.82. The predicted molar refractivity (Wildman–Crippen MR) is 163 cm³/mol. The van der Waals surface area contributed by atoms with Crippen LogP contribution in [0.4, 0.5) is 5.69 Å². The number of carbonyl (C=O) groups excluding carboxylic acids is 3. The van der Waals surface area contributed by atoms with E-state index in [0.717, 1.165) is 16.7 Å². The molecule has 7 heteroatoms. The number of ether oxygens (including phenoxy) is 2. The molecule has 1 amide bonds. The molecule has 3 aliphatic rings. The fourth-order valence-corrected chi connectivity index (χ4v) is 7.23. The number of anilines is 1. The van der Waals surface area contributed by atoms with Crippen molar-refractivity contribution < 1.29 is 23.9 Å². The van der Waals surface area contributed by atoms with E-state index in [4.69, 9.17) is 9.47 Å². The van der Waals surface area contributed by atoms with Crippen LogP contribution in [0.3, 0.4) is 0 Å². The van der Waals surface area contributed by atoms with E-state index in [1.54, 1.807) is 30.3 Å². The highest BCUT2D eigenvalue weighted by molar-refractivity contribution is 6.17. The van der Waals surface area contributed by atoms with Crippen molar-refractivity contribution in [2.45, 2.75) is 24.4 Å². The van der Waals surface area contributed by atoms with Crippen LogP contribution in [-0.2, 0) is 10.2 Å². The van der Waals surface area contributed by atoms with Crippen LogP contribution in [0.25, 0.3) is 6.08 Å². The van der Waals surface area contributed by atoms with Crippen molar-refractivity contribution in [2.24, 2.45) is 5.92 Å². The molecule has 1 saturated heterocycles. The summed E-state index contributed by atoms with van der Waals surface area (Å²) in [6.45, 7) is 1.96. The molecule has 7 rings (SSSR count). The first kappa shape index (κ1) is 26.7. The van der Waals surface area contributed by atoms with Gasteiger partial charge in [-0.3, -0.25) is 14.4 Å².